The predicted octanol–water partition coefficient (Wildman–Crippen LogP) is 4.79. The van der Waals surface area contributed by atoms with E-state index in [4.69, 9.17) is 0 Å². The lowest BCUT2D eigenvalue weighted by Gasteiger charge is -2.07. The van der Waals surface area contributed by atoms with Gasteiger partial charge in [0.05, 0.1) is 16.6 Å². The molecule has 5 aromatic rings. The molecule has 4 heteroatoms. The molecule has 2 N–H and O–H groups in total. The molecule has 0 saturated heterocycles. The molecule has 0 aliphatic carbocycles. The Morgan fingerprint density at radius 1 is 0.607 bits per heavy atom. The summed E-state index contributed by atoms with van der Waals surface area (Å²) in [6.45, 7) is 0. The maximum absolute atomic E-state index is 9.55. The second-order valence-corrected chi connectivity index (χ2v) is 6.99. The summed E-state index contributed by atoms with van der Waals surface area (Å²) in [5.74, 6) is -0.685. The van der Waals surface area contributed by atoms with Crippen LogP contribution in [0.2, 0.25) is 0 Å². The topological polar surface area (TPSA) is 60.2 Å². The van der Waals surface area contributed by atoms with Crippen LogP contribution in [0.3, 0.4) is 0 Å². The third-order valence-electron chi connectivity index (χ3n) is 4.69. The summed E-state index contributed by atoms with van der Waals surface area (Å²) in [4.78, 5) is 9.55. The van der Waals surface area contributed by atoms with Crippen molar-refractivity contribution in [2.75, 3.05) is 0 Å². The average Bonchev–Trinajstić information content (AvgIpc) is 2.69. The molecule has 0 spiro atoms. The van der Waals surface area contributed by atoms with Crippen molar-refractivity contribution in [2.24, 2.45) is 5.73 Å². The van der Waals surface area contributed by atoms with Gasteiger partial charge in [0.2, 0.25) is 0 Å². The number of fused-ring (bicyclic) bond motifs is 4. The van der Waals surface area contributed by atoms with Crippen molar-refractivity contribution in [3.05, 3.63) is 84.9 Å². The van der Waals surface area contributed by atoms with Crippen molar-refractivity contribution in [2.45, 2.75) is 0 Å². The van der Waals surface area contributed by atoms with Crippen LogP contribution in [-0.4, -0.2) is 15.5 Å². The van der Waals surface area contributed by atoms with E-state index in [9.17, 15) is 9.00 Å². The fraction of sp³-hybridized carbons (Fsp3) is 0. The second-order valence-electron chi connectivity index (χ2n) is 6.56. The zero-order valence-electron chi connectivity index (χ0n) is 15.0. The Morgan fingerprint density at radius 3 is 1.11 bits per heavy atom. The quantitative estimate of drug-likeness (QED) is 0.334. The third kappa shape index (κ3) is 3.63. The van der Waals surface area contributed by atoms with E-state index in [1.807, 2.05) is 0 Å². The molecule has 0 aromatic heterocycles. The van der Waals surface area contributed by atoms with Crippen LogP contribution < -0.4 is 5.73 Å². The van der Waals surface area contributed by atoms with Crippen LogP contribution >= 0.6 is 0 Å². The van der Waals surface area contributed by atoms with Gasteiger partial charge in [0.15, 0.2) is 0 Å². The Labute approximate surface area is 165 Å². The number of hydrogen-bond donors (Lipinski definition) is 1. The minimum Gasteiger partial charge on any atom is -0.365 e. The number of primary amides is 1. The number of rotatable bonds is 1. The maximum atomic E-state index is 9.55. The van der Waals surface area contributed by atoms with Crippen molar-refractivity contribution >= 4 is 65.6 Å². The molecule has 3 nitrogen and oxygen atoms in total. The van der Waals surface area contributed by atoms with E-state index in [0.717, 1.165) is 5.37 Å². The van der Waals surface area contributed by atoms with Crippen LogP contribution in [0.5, 0.6) is 0 Å². The van der Waals surface area contributed by atoms with Crippen molar-refractivity contribution in [3.8, 4) is 0 Å². The molecule has 5 aromatic carbocycles. The summed E-state index contributed by atoms with van der Waals surface area (Å²) < 4.78 is 9.30. The largest absolute Gasteiger partial charge is 0.365 e. The summed E-state index contributed by atoms with van der Waals surface area (Å²) in [6, 6.07) is 30.9. The first kappa shape index (κ1) is 17.9. The first-order chi connectivity index (χ1) is 13.6. The summed E-state index contributed by atoms with van der Waals surface area (Å²) >= 11 is 0.0602. The summed E-state index contributed by atoms with van der Waals surface area (Å²) in [5.41, 5.74) is 4.49. The van der Waals surface area contributed by atoms with Crippen LogP contribution in [0.25, 0.3) is 43.1 Å². The fourth-order valence-corrected chi connectivity index (χ4v) is 3.53. The van der Waals surface area contributed by atoms with E-state index in [1.165, 1.54) is 43.1 Å². The minimum atomic E-state index is -0.685. The SMILES string of the molecule is NC(=O)C=S=O.c1ccc2cc3cc4cc5ccccc5cc4cc3cc2c1. The summed E-state index contributed by atoms with van der Waals surface area (Å²) in [6.07, 6.45) is 0. The Balaban J connectivity index is 0.000000283. The molecule has 0 bridgehead atoms. The van der Waals surface area contributed by atoms with Gasteiger partial charge in [-0.05, 0) is 79.5 Å². The number of hydrogen-bond acceptors (Lipinski definition) is 2. The lowest BCUT2D eigenvalue weighted by Crippen LogP contribution is -2.10. The van der Waals surface area contributed by atoms with Crippen molar-refractivity contribution < 1.29 is 9.00 Å². The minimum absolute atomic E-state index is 0.0602. The number of benzene rings is 5. The maximum Gasteiger partial charge on any atom is 0.254 e. The Morgan fingerprint density at radius 2 is 0.893 bits per heavy atom. The van der Waals surface area contributed by atoms with E-state index in [2.05, 4.69) is 90.7 Å². The highest BCUT2D eigenvalue weighted by Gasteiger charge is 2.02. The highest BCUT2D eigenvalue weighted by atomic mass is 32.1. The third-order valence-corrected chi connectivity index (χ3v) is 5.02. The highest BCUT2D eigenvalue weighted by molar-refractivity contribution is 7.66. The number of nitrogens with two attached hydrogens (primary N) is 1. The lowest BCUT2D eigenvalue weighted by atomic mass is 9.97. The number of carbonyl (C=O) groups is 1. The molecule has 0 aliphatic rings. The van der Waals surface area contributed by atoms with E-state index >= 15 is 0 Å². The monoisotopic (exact) mass is 383 g/mol. The van der Waals surface area contributed by atoms with Crippen molar-refractivity contribution in [1.29, 1.82) is 0 Å². The Bertz CT molecular complexity index is 1220. The van der Waals surface area contributed by atoms with Crippen LogP contribution in [0.1, 0.15) is 0 Å². The highest BCUT2D eigenvalue weighted by Crippen LogP contribution is 2.29. The fourth-order valence-electron chi connectivity index (χ4n) is 3.43. The number of carbonyl (C=O) groups excluding carboxylic acids is 1. The second kappa shape index (κ2) is 7.62. The van der Waals surface area contributed by atoms with Gasteiger partial charge in [-0.1, -0.05) is 48.5 Å². The first-order valence-corrected chi connectivity index (χ1v) is 9.61. The average molecular weight is 383 g/mol. The van der Waals surface area contributed by atoms with E-state index in [1.54, 1.807) is 0 Å². The van der Waals surface area contributed by atoms with E-state index < -0.39 is 5.91 Å². The van der Waals surface area contributed by atoms with Crippen LogP contribution in [-0.2, 0) is 16.1 Å². The lowest BCUT2D eigenvalue weighted by molar-refractivity contribution is -0.111. The van der Waals surface area contributed by atoms with Gasteiger partial charge < -0.3 is 5.73 Å². The molecule has 0 saturated carbocycles. The van der Waals surface area contributed by atoms with Gasteiger partial charge in [0.1, 0.15) is 0 Å². The Kier molecular flexibility index (Phi) is 4.87. The molecule has 1 amide bonds. The smallest absolute Gasteiger partial charge is 0.254 e. The molecular weight excluding hydrogens is 366 g/mol. The predicted molar refractivity (Wildman–Crippen MR) is 120 cm³/mol. The van der Waals surface area contributed by atoms with Gasteiger partial charge >= 0.3 is 0 Å². The summed E-state index contributed by atoms with van der Waals surface area (Å²) in [5, 5.41) is 11.2. The normalized spacial score (nSPS) is 10.6. The zero-order valence-corrected chi connectivity index (χ0v) is 15.8. The summed E-state index contributed by atoms with van der Waals surface area (Å²) in [7, 11) is 0. The van der Waals surface area contributed by atoms with Gasteiger partial charge in [0, 0.05) is 0 Å². The van der Waals surface area contributed by atoms with E-state index in [-0.39, 0.29) is 11.3 Å². The molecule has 28 heavy (non-hydrogen) atoms. The Hall–Kier alpha value is -3.50. The van der Waals surface area contributed by atoms with Crippen LogP contribution in [0, 0.1) is 0 Å². The molecular formula is C24H17NO2S. The molecule has 136 valence electrons. The van der Waals surface area contributed by atoms with Crippen LogP contribution in [0.15, 0.2) is 84.9 Å². The van der Waals surface area contributed by atoms with Crippen molar-refractivity contribution in [3.63, 3.8) is 0 Å². The molecule has 0 fully saturated rings. The standard InChI is InChI=1S/C22H14.C2H3NO2S/c1-2-6-16-10-20-14-22-12-18-8-4-3-7-17(18)11-21(22)13-19(20)9-15(16)5-1;3-2(4)1-6-5/h1-14H;1H,(H2,3,4). The molecule has 5 rings (SSSR count). The van der Waals surface area contributed by atoms with Gasteiger partial charge in [-0.15, -0.1) is 0 Å². The van der Waals surface area contributed by atoms with Gasteiger partial charge in [0.25, 0.3) is 5.91 Å². The van der Waals surface area contributed by atoms with Crippen molar-refractivity contribution in [1.82, 2.24) is 0 Å². The van der Waals surface area contributed by atoms with Crippen LogP contribution in [0.4, 0.5) is 0 Å². The first-order valence-electron chi connectivity index (χ1n) is 8.80. The number of amides is 1. The van der Waals surface area contributed by atoms with E-state index in [0.29, 0.717) is 0 Å². The molecule has 0 aliphatic heterocycles. The molecule has 0 radical (unpaired) electrons. The molecule has 0 heterocycles. The van der Waals surface area contributed by atoms with Gasteiger partial charge in [-0.25, -0.2) is 4.21 Å². The van der Waals surface area contributed by atoms with Gasteiger partial charge in [-0.3, -0.25) is 4.79 Å². The molecule has 0 atom stereocenters. The molecule has 0 unspecified atom stereocenters. The van der Waals surface area contributed by atoms with Gasteiger partial charge in [-0.2, -0.15) is 0 Å². The zero-order chi connectivity index (χ0) is 19.5.